The maximum atomic E-state index is 12.6. The van der Waals surface area contributed by atoms with E-state index in [4.69, 9.17) is 21.9 Å². The number of fused-ring (bicyclic) bond motifs is 1. The van der Waals surface area contributed by atoms with Crippen molar-refractivity contribution in [3.63, 3.8) is 0 Å². The number of carbonyl (C=O) groups is 1. The number of aromatic amines is 1. The molecule has 2 heterocycles. The summed E-state index contributed by atoms with van der Waals surface area (Å²) in [6, 6.07) is 9.37. The van der Waals surface area contributed by atoms with Gasteiger partial charge in [0.05, 0.1) is 23.7 Å². The molecule has 1 aromatic carbocycles. The number of nitrogens with one attached hydrogen (secondary N) is 1. The Kier molecular flexibility index (Phi) is 3.96. The van der Waals surface area contributed by atoms with Crippen LogP contribution in [0, 0.1) is 11.7 Å². The molecular formula is C19H17N3O3S. The second-order valence-corrected chi connectivity index (χ2v) is 6.83. The van der Waals surface area contributed by atoms with E-state index in [2.05, 4.69) is 4.98 Å². The van der Waals surface area contributed by atoms with Crippen molar-refractivity contribution >= 4 is 29.2 Å². The molecule has 26 heavy (non-hydrogen) atoms. The van der Waals surface area contributed by atoms with E-state index in [1.165, 1.54) is 7.11 Å². The summed E-state index contributed by atoms with van der Waals surface area (Å²) in [6.45, 7) is 1.96. The van der Waals surface area contributed by atoms with Gasteiger partial charge in [-0.1, -0.05) is 18.2 Å². The van der Waals surface area contributed by atoms with Crippen molar-refractivity contribution < 1.29 is 9.53 Å². The van der Waals surface area contributed by atoms with Crippen LogP contribution in [0.5, 0.6) is 0 Å². The van der Waals surface area contributed by atoms with Gasteiger partial charge in [-0.2, -0.15) is 0 Å². The van der Waals surface area contributed by atoms with Crippen LogP contribution in [0.3, 0.4) is 0 Å². The van der Waals surface area contributed by atoms with Crippen molar-refractivity contribution in [1.82, 2.24) is 14.5 Å². The summed E-state index contributed by atoms with van der Waals surface area (Å²) in [6.07, 6.45) is 2.04. The van der Waals surface area contributed by atoms with Gasteiger partial charge in [-0.25, -0.2) is 9.78 Å². The number of esters is 1. The van der Waals surface area contributed by atoms with Crippen molar-refractivity contribution in [1.29, 1.82) is 0 Å². The van der Waals surface area contributed by atoms with E-state index in [0.717, 1.165) is 29.8 Å². The van der Waals surface area contributed by atoms with Crippen LogP contribution in [0.15, 0.2) is 35.1 Å². The van der Waals surface area contributed by atoms with Gasteiger partial charge >= 0.3 is 5.97 Å². The summed E-state index contributed by atoms with van der Waals surface area (Å²) in [5.74, 6) is -0.251. The number of hydrogen-bond acceptors (Lipinski definition) is 5. The second-order valence-electron chi connectivity index (χ2n) is 6.44. The zero-order valence-corrected chi connectivity index (χ0v) is 15.2. The highest BCUT2D eigenvalue weighted by Gasteiger charge is 2.29. The Morgan fingerprint density at radius 2 is 2.08 bits per heavy atom. The molecule has 6 nitrogen and oxygen atoms in total. The van der Waals surface area contributed by atoms with Gasteiger partial charge in [0.2, 0.25) is 0 Å². The third-order valence-electron chi connectivity index (χ3n) is 4.64. The highest BCUT2D eigenvalue weighted by Crippen LogP contribution is 2.40. The zero-order chi connectivity index (χ0) is 18.4. The molecule has 7 heteroatoms. The van der Waals surface area contributed by atoms with Crippen molar-refractivity contribution in [2.45, 2.75) is 25.7 Å². The Balaban J connectivity index is 2.18. The van der Waals surface area contributed by atoms with E-state index in [9.17, 15) is 9.59 Å². The Morgan fingerprint density at radius 1 is 1.35 bits per heavy atom. The van der Waals surface area contributed by atoms with Crippen LogP contribution < -0.4 is 5.56 Å². The molecule has 1 saturated carbocycles. The molecule has 132 valence electrons. The lowest BCUT2D eigenvalue weighted by Crippen LogP contribution is -2.19. The maximum absolute atomic E-state index is 12.6. The summed E-state index contributed by atoms with van der Waals surface area (Å²) >= 11 is 5.42. The summed E-state index contributed by atoms with van der Waals surface area (Å²) in [5, 5.41) is 0.193. The first kappa shape index (κ1) is 16.7. The van der Waals surface area contributed by atoms with Crippen LogP contribution in [0.1, 0.15) is 40.4 Å². The molecule has 2 aromatic heterocycles. The first-order chi connectivity index (χ1) is 12.5. The maximum Gasteiger partial charge on any atom is 0.338 e. The molecule has 0 radical (unpaired) electrons. The molecule has 0 unspecified atom stereocenters. The molecule has 0 saturated heterocycles. The molecule has 1 aliphatic carbocycles. The fourth-order valence-electron chi connectivity index (χ4n) is 3.15. The highest BCUT2D eigenvalue weighted by atomic mass is 32.1. The minimum Gasteiger partial charge on any atom is -0.465 e. The minimum absolute atomic E-state index is 0.193. The molecule has 0 spiro atoms. The largest absolute Gasteiger partial charge is 0.465 e. The summed E-state index contributed by atoms with van der Waals surface area (Å²) in [5.41, 5.74) is 2.76. The first-order valence-corrected chi connectivity index (χ1v) is 8.76. The lowest BCUT2D eigenvalue weighted by atomic mass is 10.1. The third kappa shape index (κ3) is 2.64. The number of H-pyrrole nitrogens is 1. The average Bonchev–Trinajstić information content (AvgIpc) is 3.46. The van der Waals surface area contributed by atoms with Crippen molar-refractivity contribution in [2.75, 3.05) is 7.11 Å². The van der Waals surface area contributed by atoms with Gasteiger partial charge in [-0.05, 0) is 49.7 Å². The van der Waals surface area contributed by atoms with Gasteiger partial charge in [0.15, 0.2) is 10.4 Å². The first-order valence-electron chi connectivity index (χ1n) is 8.35. The molecule has 0 atom stereocenters. The summed E-state index contributed by atoms with van der Waals surface area (Å²) < 4.78 is 6.86. The molecule has 0 bridgehead atoms. The number of ether oxygens (including phenoxy) is 1. The SMILES string of the molecule is COC(=O)c1cc(C2CC2)nc2c1c(=O)[nH]c(=S)n2-c1ccccc1C. The van der Waals surface area contributed by atoms with Crippen LogP contribution in [0.4, 0.5) is 0 Å². The van der Waals surface area contributed by atoms with Gasteiger partial charge in [-0.3, -0.25) is 14.3 Å². The lowest BCUT2D eigenvalue weighted by molar-refractivity contribution is 0.0602. The number of carbonyl (C=O) groups excluding carboxylic acids is 1. The van der Waals surface area contributed by atoms with Gasteiger partial charge in [-0.15, -0.1) is 0 Å². The third-order valence-corrected chi connectivity index (χ3v) is 4.92. The molecular weight excluding hydrogens is 350 g/mol. The Bertz CT molecular complexity index is 1160. The number of benzene rings is 1. The van der Waals surface area contributed by atoms with Gasteiger partial charge in [0.25, 0.3) is 5.56 Å². The van der Waals surface area contributed by atoms with E-state index in [1.54, 1.807) is 10.6 Å². The Hall–Kier alpha value is -2.80. The molecule has 1 aliphatic rings. The number of methoxy groups -OCH3 is 1. The van der Waals surface area contributed by atoms with E-state index in [0.29, 0.717) is 11.6 Å². The van der Waals surface area contributed by atoms with Gasteiger partial charge < -0.3 is 4.74 Å². The average molecular weight is 367 g/mol. The predicted octanol–water partition coefficient (Wildman–Crippen LogP) is 3.42. The van der Waals surface area contributed by atoms with Crippen LogP contribution in [-0.2, 0) is 4.74 Å². The summed E-state index contributed by atoms with van der Waals surface area (Å²) in [4.78, 5) is 32.3. The number of aromatic nitrogens is 3. The van der Waals surface area contributed by atoms with Crippen LogP contribution in [0.2, 0.25) is 0 Å². The number of para-hydroxylation sites is 1. The van der Waals surface area contributed by atoms with Gasteiger partial charge in [0.1, 0.15) is 0 Å². The number of aryl methyl sites for hydroxylation is 1. The molecule has 1 N–H and O–H groups in total. The fourth-order valence-corrected chi connectivity index (χ4v) is 3.42. The van der Waals surface area contributed by atoms with Crippen molar-refractivity contribution in [2.24, 2.45) is 0 Å². The second kappa shape index (κ2) is 6.17. The van der Waals surface area contributed by atoms with Crippen LogP contribution >= 0.6 is 12.2 Å². The standard InChI is InChI=1S/C19H17N3O3S/c1-10-5-3-4-6-14(10)22-16-15(17(23)21-19(22)26)12(18(24)25-2)9-13(20-16)11-7-8-11/h3-6,9,11H,7-8H2,1-2H3,(H,21,23,26). The summed E-state index contributed by atoms with van der Waals surface area (Å²) in [7, 11) is 1.30. The van der Waals surface area contributed by atoms with Crippen LogP contribution in [0.25, 0.3) is 16.7 Å². The van der Waals surface area contributed by atoms with Crippen molar-refractivity contribution in [3.05, 3.63) is 62.3 Å². The Labute approximate surface area is 154 Å². The Morgan fingerprint density at radius 3 is 2.73 bits per heavy atom. The lowest BCUT2D eigenvalue weighted by Gasteiger charge is -2.15. The fraction of sp³-hybridized carbons (Fsp3) is 0.263. The van der Waals surface area contributed by atoms with Crippen LogP contribution in [-0.4, -0.2) is 27.6 Å². The van der Waals surface area contributed by atoms with E-state index >= 15 is 0 Å². The number of hydrogen-bond donors (Lipinski definition) is 1. The number of nitrogens with zero attached hydrogens (tertiary/aromatic N) is 2. The molecule has 1 fully saturated rings. The normalized spacial score (nSPS) is 13.8. The number of rotatable bonds is 3. The topological polar surface area (TPSA) is 77.0 Å². The van der Waals surface area contributed by atoms with E-state index in [1.807, 2.05) is 31.2 Å². The smallest absolute Gasteiger partial charge is 0.338 e. The van der Waals surface area contributed by atoms with Gasteiger partial charge in [0, 0.05) is 11.6 Å². The predicted molar refractivity (Wildman–Crippen MR) is 101 cm³/mol. The van der Waals surface area contributed by atoms with Crippen molar-refractivity contribution in [3.8, 4) is 5.69 Å². The molecule has 0 amide bonds. The minimum atomic E-state index is -0.557. The molecule has 4 rings (SSSR count). The number of pyridine rings is 1. The quantitative estimate of drug-likeness (QED) is 0.567. The molecule has 3 aromatic rings. The van der Waals surface area contributed by atoms with E-state index < -0.39 is 11.5 Å². The monoisotopic (exact) mass is 367 g/mol. The zero-order valence-electron chi connectivity index (χ0n) is 14.4. The molecule has 0 aliphatic heterocycles. The van der Waals surface area contributed by atoms with E-state index in [-0.39, 0.29) is 15.7 Å². The highest BCUT2D eigenvalue weighted by molar-refractivity contribution is 7.71.